The largest absolute Gasteiger partial charge is 0.481 e. The van der Waals surface area contributed by atoms with Crippen LogP contribution in [0, 0.1) is 0 Å². The van der Waals surface area contributed by atoms with Gasteiger partial charge < -0.3 is 15.2 Å². The molecule has 0 aromatic heterocycles. The monoisotopic (exact) mass is 265 g/mol. The predicted octanol–water partition coefficient (Wildman–Crippen LogP) is 2.55. The fourth-order valence-electron chi connectivity index (χ4n) is 1.44. The summed E-state index contributed by atoms with van der Waals surface area (Å²) >= 11 is 0. The molecule has 0 aliphatic heterocycles. The van der Waals surface area contributed by atoms with E-state index in [0.717, 1.165) is 5.56 Å². The number of rotatable bonds is 4. The zero-order valence-corrected chi connectivity index (χ0v) is 11.4. The molecule has 0 unspecified atom stereocenters. The van der Waals surface area contributed by atoms with Gasteiger partial charge in [-0.05, 0) is 23.1 Å². The van der Waals surface area contributed by atoms with Crippen LogP contribution in [-0.2, 0) is 10.2 Å². The Bertz CT molecular complexity index is 446. The standard InChI is InChI=1S/C14H19NO4/c1-14(2,3)10-4-6-11(7-5-10)19-13(18)15-9-8-12(16)17/h4-7H,8-9H2,1-3H3,(H,15,18)(H,16,17). The molecule has 1 amide bonds. The second-order valence-corrected chi connectivity index (χ2v) is 5.23. The van der Waals surface area contributed by atoms with Crippen LogP contribution in [0.15, 0.2) is 24.3 Å². The summed E-state index contributed by atoms with van der Waals surface area (Å²) < 4.78 is 5.02. The Hall–Kier alpha value is -2.04. The number of carbonyl (C=O) groups excluding carboxylic acids is 1. The maximum absolute atomic E-state index is 11.3. The first-order valence-corrected chi connectivity index (χ1v) is 6.07. The van der Waals surface area contributed by atoms with Crippen molar-refractivity contribution in [1.82, 2.24) is 5.32 Å². The molecule has 1 aromatic rings. The molecule has 5 heteroatoms. The van der Waals surface area contributed by atoms with Gasteiger partial charge in [-0.1, -0.05) is 32.9 Å². The van der Waals surface area contributed by atoms with E-state index in [1.165, 1.54) is 0 Å². The topological polar surface area (TPSA) is 75.6 Å². The van der Waals surface area contributed by atoms with Crippen LogP contribution in [0.1, 0.15) is 32.8 Å². The van der Waals surface area contributed by atoms with Crippen molar-refractivity contribution in [3.63, 3.8) is 0 Å². The Morgan fingerprint density at radius 2 is 1.79 bits per heavy atom. The number of benzene rings is 1. The number of nitrogens with one attached hydrogen (secondary N) is 1. The zero-order valence-electron chi connectivity index (χ0n) is 11.4. The molecular weight excluding hydrogens is 246 g/mol. The smallest absolute Gasteiger partial charge is 0.412 e. The zero-order chi connectivity index (χ0) is 14.5. The number of amides is 1. The van der Waals surface area contributed by atoms with Crippen LogP contribution in [0.5, 0.6) is 5.75 Å². The lowest BCUT2D eigenvalue weighted by Gasteiger charge is -2.18. The lowest BCUT2D eigenvalue weighted by Crippen LogP contribution is -2.28. The molecule has 0 saturated carbocycles. The number of carbonyl (C=O) groups is 2. The molecule has 104 valence electrons. The van der Waals surface area contributed by atoms with Gasteiger partial charge in [0.25, 0.3) is 0 Å². The van der Waals surface area contributed by atoms with E-state index in [1.807, 2.05) is 12.1 Å². The van der Waals surface area contributed by atoms with Crippen molar-refractivity contribution in [3.05, 3.63) is 29.8 Å². The quantitative estimate of drug-likeness (QED) is 0.877. The highest BCUT2D eigenvalue weighted by atomic mass is 16.6. The third-order valence-corrected chi connectivity index (χ3v) is 2.54. The minimum absolute atomic E-state index is 0.0439. The summed E-state index contributed by atoms with van der Waals surface area (Å²) in [5.41, 5.74) is 1.19. The summed E-state index contributed by atoms with van der Waals surface area (Å²) in [7, 11) is 0. The molecule has 0 heterocycles. The molecule has 0 aliphatic carbocycles. The van der Waals surface area contributed by atoms with E-state index in [0.29, 0.717) is 5.75 Å². The molecule has 0 aliphatic rings. The van der Waals surface area contributed by atoms with Gasteiger partial charge in [-0.2, -0.15) is 0 Å². The first-order valence-electron chi connectivity index (χ1n) is 6.07. The lowest BCUT2D eigenvalue weighted by molar-refractivity contribution is -0.136. The molecule has 2 N–H and O–H groups in total. The van der Waals surface area contributed by atoms with Crippen molar-refractivity contribution in [1.29, 1.82) is 0 Å². The highest BCUT2D eigenvalue weighted by molar-refractivity contribution is 5.72. The highest BCUT2D eigenvalue weighted by Crippen LogP contribution is 2.24. The first-order chi connectivity index (χ1) is 8.79. The fourth-order valence-corrected chi connectivity index (χ4v) is 1.44. The number of hydrogen-bond donors (Lipinski definition) is 2. The Morgan fingerprint density at radius 1 is 1.21 bits per heavy atom. The van der Waals surface area contributed by atoms with Gasteiger partial charge in [0, 0.05) is 6.54 Å². The predicted molar refractivity (Wildman–Crippen MR) is 71.4 cm³/mol. The first kappa shape index (κ1) is 15.0. The number of ether oxygens (including phenoxy) is 1. The van der Waals surface area contributed by atoms with Crippen LogP contribution in [0.3, 0.4) is 0 Å². The Kier molecular flexibility index (Phi) is 4.92. The van der Waals surface area contributed by atoms with Crippen LogP contribution < -0.4 is 10.1 Å². The van der Waals surface area contributed by atoms with Gasteiger partial charge in [0.15, 0.2) is 0 Å². The van der Waals surface area contributed by atoms with E-state index in [2.05, 4.69) is 26.1 Å². The van der Waals surface area contributed by atoms with E-state index in [9.17, 15) is 9.59 Å². The van der Waals surface area contributed by atoms with Crippen molar-refractivity contribution in [2.45, 2.75) is 32.6 Å². The number of aliphatic carboxylic acids is 1. The van der Waals surface area contributed by atoms with Crippen LogP contribution in [0.4, 0.5) is 4.79 Å². The van der Waals surface area contributed by atoms with Crippen LogP contribution in [0.25, 0.3) is 0 Å². The highest BCUT2D eigenvalue weighted by Gasteiger charge is 2.13. The minimum Gasteiger partial charge on any atom is -0.481 e. The SMILES string of the molecule is CC(C)(C)c1ccc(OC(=O)NCCC(=O)O)cc1. The maximum atomic E-state index is 11.3. The molecular formula is C14H19NO4. The van der Waals surface area contributed by atoms with Crippen molar-refractivity contribution >= 4 is 12.1 Å². The second-order valence-electron chi connectivity index (χ2n) is 5.23. The molecule has 0 atom stereocenters. The van der Waals surface area contributed by atoms with E-state index >= 15 is 0 Å². The number of carboxylic acids is 1. The van der Waals surface area contributed by atoms with Crippen LogP contribution in [0.2, 0.25) is 0 Å². The lowest BCUT2D eigenvalue weighted by atomic mass is 9.87. The molecule has 1 rings (SSSR count). The summed E-state index contributed by atoms with van der Waals surface area (Å²) in [6.07, 6.45) is -0.775. The summed E-state index contributed by atoms with van der Waals surface area (Å²) in [5.74, 6) is -0.532. The van der Waals surface area contributed by atoms with Gasteiger partial charge in [-0.15, -0.1) is 0 Å². The number of carboxylic acid groups (broad SMARTS) is 1. The molecule has 0 spiro atoms. The van der Waals surface area contributed by atoms with Crippen molar-refractivity contribution in [2.24, 2.45) is 0 Å². The third-order valence-electron chi connectivity index (χ3n) is 2.54. The van der Waals surface area contributed by atoms with Crippen LogP contribution >= 0.6 is 0 Å². The van der Waals surface area contributed by atoms with Gasteiger partial charge >= 0.3 is 12.1 Å². The van der Waals surface area contributed by atoms with Crippen molar-refractivity contribution < 1.29 is 19.4 Å². The molecule has 0 bridgehead atoms. The van der Waals surface area contributed by atoms with Gasteiger partial charge in [-0.25, -0.2) is 4.79 Å². The average molecular weight is 265 g/mol. The Labute approximate surface area is 112 Å². The van der Waals surface area contributed by atoms with Crippen molar-refractivity contribution in [2.75, 3.05) is 6.54 Å². The van der Waals surface area contributed by atoms with Crippen LogP contribution in [-0.4, -0.2) is 23.7 Å². The molecule has 0 radical (unpaired) electrons. The van der Waals surface area contributed by atoms with Gasteiger partial charge in [-0.3, -0.25) is 4.79 Å². The second kappa shape index (κ2) is 6.22. The van der Waals surface area contributed by atoms with E-state index in [4.69, 9.17) is 9.84 Å². The summed E-state index contributed by atoms with van der Waals surface area (Å²) in [6.45, 7) is 6.35. The molecule has 0 saturated heterocycles. The number of hydrogen-bond acceptors (Lipinski definition) is 3. The fraction of sp³-hybridized carbons (Fsp3) is 0.429. The Morgan fingerprint density at radius 3 is 2.26 bits per heavy atom. The van der Waals surface area contributed by atoms with E-state index in [1.54, 1.807) is 12.1 Å². The third kappa shape index (κ3) is 5.42. The average Bonchev–Trinajstić information content (AvgIpc) is 2.27. The summed E-state index contributed by atoms with van der Waals surface area (Å²) in [6, 6.07) is 7.24. The van der Waals surface area contributed by atoms with Gasteiger partial charge in [0.05, 0.1) is 6.42 Å². The molecule has 19 heavy (non-hydrogen) atoms. The van der Waals surface area contributed by atoms with E-state index in [-0.39, 0.29) is 18.4 Å². The molecule has 5 nitrogen and oxygen atoms in total. The minimum atomic E-state index is -0.963. The van der Waals surface area contributed by atoms with Gasteiger partial charge in [0.2, 0.25) is 0 Å². The van der Waals surface area contributed by atoms with Gasteiger partial charge in [0.1, 0.15) is 5.75 Å². The normalized spacial score (nSPS) is 10.9. The summed E-state index contributed by atoms with van der Waals surface area (Å²) in [5, 5.41) is 10.8. The maximum Gasteiger partial charge on any atom is 0.412 e. The Balaban J connectivity index is 2.49. The molecule has 0 fully saturated rings. The van der Waals surface area contributed by atoms with Crippen molar-refractivity contribution in [3.8, 4) is 5.75 Å². The van der Waals surface area contributed by atoms with E-state index < -0.39 is 12.1 Å². The molecule has 1 aromatic carbocycles. The summed E-state index contributed by atoms with van der Waals surface area (Å²) in [4.78, 5) is 21.6.